The van der Waals surface area contributed by atoms with Gasteiger partial charge in [0.25, 0.3) is 11.8 Å². The summed E-state index contributed by atoms with van der Waals surface area (Å²) in [5, 5.41) is 7.39. The number of imide groups is 1. The van der Waals surface area contributed by atoms with E-state index in [0.29, 0.717) is 22.5 Å². The number of aryl methyl sites for hydroxylation is 2. The van der Waals surface area contributed by atoms with Gasteiger partial charge in [0.1, 0.15) is 0 Å². The minimum atomic E-state index is -0.355. The van der Waals surface area contributed by atoms with Crippen LogP contribution >= 0.6 is 0 Å². The van der Waals surface area contributed by atoms with E-state index < -0.39 is 0 Å². The van der Waals surface area contributed by atoms with Gasteiger partial charge in [-0.25, -0.2) is 4.68 Å². The minimum absolute atomic E-state index is 0.0137. The smallest absolute Gasteiger partial charge is 0.261 e. The average Bonchev–Trinajstić information content (AvgIpc) is 3.14. The van der Waals surface area contributed by atoms with Crippen molar-refractivity contribution in [1.29, 1.82) is 0 Å². The third kappa shape index (κ3) is 3.39. The Morgan fingerprint density at radius 1 is 0.967 bits per heavy atom. The quantitative estimate of drug-likeness (QED) is 0.663. The molecule has 7 heteroatoms. The van der Waals surface area contributed by atoms with Crippen LogP contribution in [0.25, 0.3) is 5.69 Å². The topological polar surface area (TPSA) is 84.3 Å². The number of hydrogen-bond donors (Lipinski definition) is 1. The maximum Gasteiger partial charge on any atom is 0.261 e. The van der Waals surface area contributed by atoms with Gasteiger partial charge in [-0.15, -0.1) is 0 Å². The summed E-state index contributed by atoms with van der Waals surface area (Å²) in [6.07, 6.45) is 0.0137. The van der Waals surface area contributed by atoms with Gasteiger partial charge in [-0.1, -0.05) is 29.8 Å². The van der Waals surface area contributed by atoms with Crippen molar-refractivity contribution in [3.63, 3.8) is 0 Å². The number of carbonyl (C=O) groups excluding carboxylic acids is 3. The molecule has 1 N–H and O–H groups in total. The van der Waals surface area contributed by atoms with Gasteiger partial charge in [0, 0.05) is 13.0 Å². The van der Waals surface area contributed by atoms with E-state index in [1.165, 1.54) is 0 Å². The number of carbonyl (C=O) groups is 3. The molecule has 0 saturated carbocycles. The first-order valence-corrected chi connectivity index (χ1v) is 9.75. The first-order valence-electron chi connectivity index (χ1n) is 9.75. The van der Waals surface area contributed by atoms with Crippen molar-refractivity contribution < 1.29 is 14.4 Å². The molecule has 2 aromatic carbocycles. The second-order valence-corrected chi connectivity index (χ2v) is 7.40. The summed E-state index contributed by atoms with van der Waals surface area (Å²) < 4.78 is 1.78. The molecule has 1 aliphatic rings. The molecule has 152 valence electrons. The van der Waals surface area contributed by atoms with Crippen LogP contribution in [0.4, 0.5) is 5.69 Å². The number of nitrogens with one attached hydrogen (secondary N) is 1. The highest BCUT2D eigenvalue weighted by Crippen LogP contribution is 2.25. The third-order valence-electron chi connectivity index (χ3n) is 5.25. The van der Waals surface area contributed by atoms with Crippen LogP contribution in [0.1, 0.15) is 44.1 Å². The first-order chi connectivity index (χ1) is 14.4. The van der Waals surface area contributed by atoms with Crippen molar-refractivity contribution in [3.8, 4) is 5.69 Å². The molecule has 0 unspecified atom stereocenters. The predicted molar refractivity (Wildman–Crippen MR) is 113 cm³/mol. The highest BCUT2D eigenvalue weighted by Gasteiger charge is 2.35. The molecule has 30 heavy (non-hydrogen) atoms. The van der Waals surface area contributed by atoms with Crippen molar-refractivity contribution in [2.45, 2.75) is 27.2 Å². The lowest BCUT2D eigenvalue weighted by molar-refractivity contribution is -0.116. The van der Waals surface area contributed by atoms with Crippen molar-refractivity contribution in [2.75, 3.05) is 11.9 Å². The largest absolute Gasteiger partial charge is 0.323 e. The minimum Gasteiger partial charge on any atom is -0.323 e. The number of anilines is 1. The normalized spacial score (nSPS) is 13.0. The van der Waals surface area contributed by atoms with E-state index in [2.05, 4.69) is 10.4 Å². The van der Waals surface area contributed by atoms with Gasteiger partial charge in [-0.2, -0.15) is 5.10 Å². The Kier molecular flexibility index (Phi) is 4.95. The molecule has 0 bridgehead atoms. The van der Waals surface area contributed by atoms with E-state index in [1.54, 1.807) is 22.9 Å². The summed E-state index contributed by atoms with van der Waals surface area (Å²) >= 11 is 0. The van der Waals surface area contributed by atoms with Crippen LogP contribution in [-0.2, 0) is 4.79 Å². The van der Waals surface area contributed by atoms with E-state index in [-0.39, 0.29) is 30.7 Å². The molecule has 0 fully saturated rings. The van der Waals surface area contributed by atoms with Gasteiger partial charge in [-0.3, -0.25) is 19.3 Å². The van der Waals surface area contributed by atoms with Crippen LogP contribution in [0.2, 0.25) is 0 Å². The fourth-order valence-electron chi connectivity index (χ4n) is 3.67. The highest BCUT2D eigenvalue weighted by atomic mass is 16.2. The van der Waals surface area contributed by atoms with Gasteiger partial charge in [-0.05, 0) is 45.0 Å². The number of rotatable bonds is 5. The molecule has 3 aromatic rings. The molecule has 4 rings (SSSR count). The zero-order chi connectivity index (χ0) is 21.4. The van der Waals surface area contributed by atoms with Gasteiger partial charge in [0.05, 0.1) is 33.9 Å². The third-order valence-corrected chi connectivity index (χ3v) is 5.25. The summed E-state index contributed by atoms with van der Waals surface area (Å²) in [6, 6.07) is 14.8. The van der Waals surface area contributed by atoms with Crippen LogP contribution in [0.3, 0.4) is 0 Å². The Morgan fingerprint density at radius 2 is 1.67 bits per heavy atom. The van der Waals surface area contributed by atoms with E-state index in [4.69, 9.17) is 0 Å². The zero-order valence-corrected chi connectivity index (χ0v) is 17.1. The number of nitrogens with zero attached hydrogens (tertiary/aromatic N) is 3. The van der Waals surface area contributed by atoms with Gasteiger partial charge >= 0.3 is 0 Å². The van der Waals surface area contributed by atoms with Crippen molar-refractivity contribution >= 4 is 23.4 Å². The lowest BCUT2D eigenvalue weighted by Crippen LogP contribution is -2.33. The molecule has 7 nitrogen and oxygen atoms in total. The van der Waals surface area contributed by atoms with Gasteiger partial charge in [0.15, 0.2) is 0 Å². The lowest BCUT2D eigenvalue weighted by atomic mass is 10.1. The number of fused-ring (bicyclic) bond motifs is 1. The molecular formula is C23H22N4O3. The number of aromatic nitrogens is 2. The predicted octanol–water partition coefficient (Wildman–Crippen LogP) is 3.42. The summed E-state index contributed by atoms with van der Waals surface area (Å²) in [5.41, 5.74) is 4.75. The monoisotopic (exact) mass is 402 g/mol. The Hall–Kier alpha value is -3.74. The first kappa shape index (κ1) is 19.6. The average molecular weight is 402 g/mol. The molecule has 0 radical (unpaired) electrons. The fourth-order valence-corrected chi connectivity index (χ4v) is 3.67. The molecular weight excluding hydrogens is 380 g/mol. The fraction of sp³-hybridized carbons (Fsp3) is 0.217. The summed E-state index contributed by atoms with van der Waals surface area (Å²) in [7, 11) is 0. The summed E-state index contributed by atoms with van der Waals surface area (Å²) in [4.78, 5) is 38.8. The number of benzene rings is 2. The Morgan fingerprint density at radius 3 is 2.40 bits per heavy atom. The second-order valence-electron chi connectivity index (χ2n) is 7.40. The molecule has 1 aromatic heterocycles. The Balaban J connectivity index is 1.45. The van der Waals surface area contributed by atoms with Crippen LogP contribution in [0.5, 0.6) is 0 Å². The Labute approximate surface area is 174 Å². The molecule has 3 amide bonds. The van der Waals surface area contributed by atoms with Crippen LogP contribution < -0.4 is 5.32 Å². The van der Waals surface area contributed by atoms with E-state index in [9.17, 15) is 14.4 Å². The highest BCUT2D eigenvalue weighted by molar-refractivity contribution is 6.21. The van der Waals surface area contributed by atoms with Crippen molar-refractivity contribution in [3.05, 3.63) is 76.6 Å². The maximum absolute atomic E-state index is 12.6. The molecule has 2 heterocycles. The van der Waals surface area contributed by atoms with Crippen LogP contribution in [0.15, 0.2) is 48.5 Å². The lowest BCUT2D eigenvalue weighted by Gasteiger charge is -2.13. The van der Waals surface area contributed by atoms with Crippen LogP contribution in [0, 0.1) is 20.8 Å². The zero-order valence-electron chi connectivity index (χ0n) is 17.1. The summed E-state index contributed by atoms with van der Waals surface area (Å²) in [5.74, 6) is -0.982. The summed E-state index contributed by atoms with van der Waals surface area (Å²) in [6.45, 7) is 5.61. The SMILES string of the molecule is Cc1ccc2c(c1)C(=O)N(CCC(=O)Nc1c(C)nn(-c3ccccc3)c1C)C2=O. The molecule has 0 aliphatic carbocycles. The standard InChI is InChI=1S/C23H22N4O3/c1-14-9-10-18-19(13-14)23(30)26(22(18)29)12-11-20(28)24-21-15(2)25-27(16(21)3)17-7-5-4-6-8-17/h4-10,13H,11-12H2,1-3H3,(H,24,28). The Bertz CT molecular complexity index is 1160. The molecule has 1 aliphatic heterocycles. The second kappa shape index (κ2) is 7.59. The molecule has 0 saturated heterocycles. The van der Waals surface area contributed by atoms with Crippen LogP contribution in [-0.4, -0.2) is 38.9 Å². The van der Waals surface area contributed by atoms with Gasteiger partial charge < -0.3 is 5.32 Å². The van der Waals surface area contributed by atoms with Crippen molar-refractivity contribution in [2.24, 2.45) is 0 Å². The number of hydrogen-bond acceptors (Lipinski definition) is 4. The number of amides is 3. The van der Waals surface area contributed by atoms with Crippen molar-refractivity contribution in [1.82, 2.24) is 14.7 Å². The molecule has 0 atom stereocenters. The number of para-hydroxylation sites is 1. The maximum atomic E-state index is 12.6. The van der Waals surface area contributed by atoms with Gasteiger partial charge in [0.2, 0.25) is 5.91 Å². The van der Waals surface area contributed by atoms with E-state index in [0.717, 1.165) is 21.8 Å². The van der Waals surface area contributed by atoms with E-state index >= 15 is 0 Å². The molecule has 0 spiro atoms. The van der Waals surface area contributed by atoms with E-state index in [1.807, 2.05) is 51.1 Å².